The third-order valence-corrected chi connectivity index (χ3v) is 4.00. The lowest BCUT2D eigenvalue weighted by Gasteiger charge is -2.23. The summed E-state index contributed by atoms with van der Waals surface area (Å²) in [7, 11) is -3.52. The Morgan fingerprint density at radius 3 is 2.50 bits per heavy atom. The summed E-state index contributed by atoms with van der Waals surface area (Å²) in [5.41, 5.74) is 1.45. The number of carbonyl (C=O) groups is 1. The highest BCUT2D eigenvalue weighted by molar-refractivity contribution is 7.89. The van der Waals surface area contributed by atoms with Crippen LogP contribution in [0.4, 0.5) is 0 Å². The molecule has 0 radical (unpaired) electrons. The summed E-state index contributed by atoms with van der Waals surface area (Å²) in [5, 5.41) is 0. The Bertz CT molecular complexity index is 636. The summed E-state index contributed by atoms with van der Waals surface area (Å²) >= 11 is 0. The Balaban J connectivity index is 2.49. The number of rotatable bonds is 7. The third kappa shape index (κ3) is 6.05. The Morgan fingerprint density at radius 1 is 1.27 bits per heavy atom. The Hall–Kier alpha value is -1.56. The number of amides is 1. The van der Waals surface area contributed by atoms with Gasteiger partial charge in [-0.05, 0) is 43.9 Å². The minimum atomic E-state index is -3.52. The molecule has 0 aliphatic rings. The van der Waals surface area contributed by atoms with Crippen molar-refractivity contribution < 1.29 is 17.9 Å². The predicted octanol–water partition coefficient (Wildman–Crippen LogP) is 2.56. The van der Waals surface area contributed by atoms with Gasteiger partial charge in [-0.3, -0.25) is 9.52 Å². The summed E-state index contributed by atoms with van der Waals surface area (Å²) in [5.74, 6) is 0.361. The van der Waals surface area contributed by atoms with Crippen LogP contribution in [0.3, 0.4) is 0 Å². The van der Waals surface area contributed by atoms with E-state index in [-0.39, 0.29) is 0 Å². The molecule has 0 heterocycles. The normalized spacial score (nSPS) is 12.0. The summed E-state index contributed by atoms with van der Waals surface area (Å²) in [4.78, 5) is 11.9. The molecular formula is C16H25NO4S. The fraction of sp³-hybridized carbons (Fsp3) is 0.562. The second kappa shape index (κ2) is 7.13. The number of aryl methyl sites for hydroxylation is 2. The number of ether oxygens (including phenoxy) is 1. The SMILES string of the molecule is Cc1ccc(C)c(OCCCC(C)(C)C(=O)NS(C)(=O)=O)c1. The maximum atomic E-state index is 11.9. The van der Waals surface area contributed by atoms with E-state index in [4.69, 9.17) is 4.74 Å². The van der Waals surface area contributed by atoms with Gasteiger partial charge in [-0.25, -0.2) is 8.42 Å². The smallest absolute Gasteiger partial charge is 0.239 e. The minimum absolute atomic E-state index is 0.485. The zero-order valence-electron chi connectivity index (χ0n) is 13.9. The van der Waals surface area contributed by atoms with Crippen molar-refractivity contribution >= 4 is 15.9 Å². The molecule has 1 rings (SSSR count). The molecular weight excluding hydrogens is 302 g/mol. The van der Waals surface area contributed by atoms with Crippen molar-refractivity contribution in [1.29, 1.82) is 0 Å². The van der Waals surface area contributed by atoms with Gasteiger partial charge in [0.2, 0.25) is 15.9 Å². The molecule has 5 nitrogen and oxygen atoms in total. The van der Waals surface area contributed by atoms with Crippen LogP contribution >= 0.6 is 0 Å². The first kappa shape index (κ1) is 18.5. The van der Waals surface area contributed by atoms with E-state index >= 15 is 0 Å². The van der Waals surface area contributed by atoms with Crippen molar-refractivity contribution in [3.8, 4) is 5.75 Å². The second-order valence-corrected chi connectivity index (χ2v) is 8.06. The lowest BCUT2D eigenvalue weighted by Crippen LogP contribution is -2.40. The molecule has 22 heavy (non-hydrogen) atoms. The second-order valence-electron chi connectivity index (χ2n) is 6.31. The standard InChI is InChI=1S/C16H25NO4S/c1-12-7-8-13(2)14(11-12)21-10-6-9-16(3,4)15(18)17-22(5,19)20/h7-8,11H,6,9-10H2,1-5H3,(H,17,18). The summed E-state index contributed by atoms with van der Waals surface area (Å²) < 4.78 is 30.0. The van der Waals surface area contributed by atoms with Crippen LogP contribution in [0.1, 0.15) is 37.8 Å². The summed E-state index contributed by atoms with van der Waals surface area (Å²) in [6.45, 7) is 7.93. The van der Waals surface area contributed by atoms with Crippen molar-refractivity contribution in [3.05, 3.63) is 29.3 Å². The van der Waals surface area contributed by atoms with Gasteiger partial charge in [0.15, 0.2) is 0 Å². The molecule has 0 saturated heterocycles. The molecule has 0 bridgehead atoms. The molecule has 0 atom stereocenters. The van der Waals surface area contributed by atoms with Crippen molar-refractivity contribution in [2.45, 2.75) is 40.5 Å². The maximum absolute atomic E-state index is 11.9. The summed E-state index contributed by atoms with van der Waals surface area (Å²) in [6, 6.07) is 6.02. The van der Waals surface area contributed by atoms with E-state index in [2.05, 4.69) is 0 Å². The average molecular weight is 327 g/mol. The van der Waals surface area contributed by atoms with E-state index in [9.17, 15) is 13.2 Å². The van der Waals surface area contributed by atoms with Gasteiger partial charge >= 0.3 is 0 Å². The molecule has 0 fully saturated rings. The van der Waals surface area contributed by atoms with Crippen LogP contribution in [-0.2, 0) is 14.8 Å². The monoisotopic (exact) mass is 327 g/mol. The molecule has 0 aliphatic carbocycles. The Labute approximate surface area is 133 Å². The highest BCUT2D eigenvalue weighted by Gasteiger charge is 2.29. The molecule has 0 unspecified atom stereocenters. The van der Waals surface area contributed by atoms with Crippen LogP contribution in [0.5, 0.6) is 5.75 Å². The van der Waals surface area contributed by atoms with Crippen LogP contribution in [0, 0.1) is 19.3 Å². The first-order valence-electron chi connectivity index (χ1n) is 7.23. The van der Waals surface area contributed by atoms with Gasteiger partial charge < -0.3 is 4.74 Å². The first-order valence-corrected chi connectivity index (χ1v) is 9.13. The molecule has 6 heteroatoms. The van der Waals surface area contributed by atoms with Gasteiger partial charge in [-0.1, -0.05) is 26.0 Å². The highest BCUT2D eigenvalue weighted by Crippen LogP contribution is 2.24. The number of hydrogen-bond donors (Lipinski definition) is 1. The molecule has 124 valence electrons. The highest BCUT2D eigenvalue weighted by atomic mass is 32.2. The maximum Gasteiger partial charge on any atom is 0.239 e. The van der Waals surface area contributed by atoms with Crippen LogP contribution < -0.4 is 9.46 Å². The number of hydrogen-bond acceptors (Lipinski definition) is 4. The van der Waals surface area contributed by atoms with Crippen LogP contribution in [0.15, 0.2) is 18.2 Å². The fourth-order valence-corrected chi connectivity index (χ4v) is 2.59. The third-order valence-electron chi connectivity index (χ3n) is 3.44. The zero-order chi connectivity index (χ0) is 17.0. The van der Waals surface area contributed by atoms with Gasteiger partial charge in [0.25, 0.3) is 0 Å². The molecule has 0 aromatic heterocycles. The first-order chi connectivity index (χ1) is 10.0. The number of sulfonamides is 1. The molecule has 0 saturated carbocycles. The van der Waals surface area contributed by atoms with Crippen LogP contribution in [0.25, 0.3) is 0 Å². The largest absolute Gasteiger partial charge is 0.493 e. The van der Waals surface area contributed by atoms with Crippen LogP contribution in [-0.4, -0.2) is 27.2 Å². The van der Waals surface area contributed by atoms with E-state index in [1.165, 1.54) is 0 Å². The molecule has 1 aromatic carbocycles. The number of carbonyl (C=O) groups excluding carboxylic acids is 1. The average Bonchev–Trinajstić information content (AvgIpc) is 2.36. The van der Waals surface area contributed by atoms with Crippen LogP contribution in [0.2, 0.25) is 0 Å². The topological polar surface area (TPSA) is 72.5 Å². The van der Waals surface area contributed by atoms with Crippen molar-refractivity contribution in [2.75, 3.05) is 12.9 Å². The summed E-state index contributed by atoms with van der Waals surface area (Å²) in [6.07, 6.45) is 2.18. The minimum Gasteiger partial charge on any atom is -0.493 e. The van der Waals surface area contributed by atoms with Gasteiger partial charge in [0.05, 0.1) is 12.9 Å². The van der Waals surface area contributed by atoms with E-state index in [0.717, 1.165) is 23.1 Å². The molecule has 1 amide bonds. The number of nitrogens with one attached hydrogen (secondary N) is 1. The van der Waals surface area contributed by atoms with E-state index in [1.54, 1.807) is 13.8 Å². The van der Waals surface area contributed by atoms with Gasteiger partial charge in [-0.2, -0.15) is 0 Å². The Morgan fingerprint density at radius 2 is 1.91 bits per heavy atom. The zero-order valence-corrected chi connectivity index (χ0v) is 14.7. The van der Waals surface area contributed by atoms with Crippen molar-refractivity contribution in [2.24, 2.45) is 5.41 Å². The molecule has 1 N–H and O–H groups in total. The van der Waals surface area contributed by atoms with E-state index < -0.39 is 21.3 Å². The van der Waals surface area contributed by atoms with E-state index in [0.29, 0.717) is 19.4 Å². The van der Waals surface area contributed by atoms with E-state index in [1.807, 2.05) is 36.8 Å². The number of benzene rings is 1. The van der Waals surface area contributed by atoms with Gasteiger partial charge in [-0.15, -0.1) is 0 Å². The van der Waals surface area contributed by atoms with Crippen molar-refractivity contribution in [1.82, 2.24) is 4.72 Å². The molecule has 0 spiro atoms. The molecule has 1 aromatic rings. The Kier molecular flexibility index (Phi) is 6.00. The predicted molar refractivity (Wildman–Crippen MR) is 87.4 cm³/mol. The molecule has 0 aliphatic heterocycles. The quantitative estimate of drug-likeness (QED) is 0.781. The van der Waals surface area contributed by atoms with Gasteiger partial charge in [0, 0.05) is 5.41 Å². The fourth-order valence-electron chi connectivity index (χ4n) is 1.98. The lowest BCUT2D eigenvalue weighted by molar-refractivity contribution is -0.127. The van der Waals surface area contributed by atoms with Gasteiger partial charge in [0.1, 0.15) is 5.75 Å². The van der Waals surface area contributed by atoms with Crippen molar-refractivity contribution in [3.63, 3.8) is 0 Å². The lowest BCUT2D eigenvalue weighted by atomic mass is 9.87.